The fraction of sp³-hybridized carbons (Fsp3) is 0.667. The number of hydrogen-bond acceptors (Lipinski definition) is 3. The van der Waals surface area contributed by atoms with Crippen LogP contribution in [0.4, 0.5) is 0 Å². The van der Waals surface area contributed by atoms with Gasteiger partial charge < -0.3 is 14.6 Å². The Morgan fingerprint density at radius 1 is 1.53 bits per heavy atom. The molecule has 2 rings (SSSR count). The highest BCUT2D eigenvalue weighted by Gasteiger charge is 2.24. The summed E-state index contributed by atoms with van der Waals surface area (Å²) >= 11 is 0. The molecule has 1 aromatic heterocycles. The van der Waals surface area contributed by atoms with Crippen LogP contribution >= 0.6 is 0 Å². The molecule has 0 radical (unpaired) electrons. The molecule has 4 nitrogen and oxygen atoms in total. The van der Waals surface area contributed by atoms with Crippen molar-refractivity contribution >= 4 is 5.91 Å². The lowest BCUT2D eigenvalue weighted by Crippen LogP contribution is -2.44. The molecular formula is C15H24N2O2. The maximum Gasteiger partial charge on any atom is 0.224 e. The molecular weight excluding hydrogens is 240 g/mol. The third-order valence-electron chi connectivity index (χ3n) is 3.81. The summed E-state index contributed by atoms with van der Waals surface area (Å²) in [6.07, 6.45) is 6.91. The highest BCUT2D eigenvalue weighted by atomic mass is 16.3. The normalized spacial score (nSPS) is 19.6. The molecule has 0 saturated carbocycles. The Bertz CT molecular complexity index is 376. The first kappa shape index (κ1) is 14.1. The van der Waals surface area contributed by atoms with Gasteiger partial charge in [0.25, 0.3) is 0 Å². The zero-order valence-corrected chi connectivity index (χ0v) is 11.7. The summed E-state index contributed by atoms with van der Waals surface area (Å²) in [5.41, 5.74) is 0. The fourth-order valence-electron chi connectivity index (χ4n) is 2.72. The van der Waals surface area contributed by atoms with Crippen LogP contribution < -0.4 is 5.32 Å². The Morgan fingerprint density at radius 2 is 2.42 bits per heavy atom. The topological polar surface area (TPSA) is 45.5 Å². The predicted molar refractivity (Wildman–Crippen MR) is 74.7 cm³/mol. The van der Waals surface area contributed by atoms with E-state index < -0.39 is 0 Å². The van der Waals surface area contributed by atoms with Crippen molar-refractivity contribution in [3.8, 4) is 0 Å². The van der Waals surface area contributed by atoms with Crippen LogP contribution in [0.5, 0.6) is 0 Å². The molecule has 19 heavy (non-hydrogen) atoms. The molecule has 1 aromatic rings. The van der Waals surface area contributed by atoms with Gasteiger partial charge >= 0.3 is 0 Å². The fourth-order valence-corrected chi connectivity index (χ4v) is 2.72. The molecule has 1 amide bonds. The van der Waals surface area contributed by atoms with Crippen LogP contribution in [0.15, 0.2) is 22.8 Å². The van der Waals surface area contributed by atoms with Crippen molar-refractivity contribution in [2.75, 3.05) is 13.1 Å². The monoisotopic (exact) mass is 264 g/mol. The maximum atomic E-state index is 12.2. The van der Waals surface area contributed by atoms with Crippen molar-refractivity contribution in [1.29, 1.82) is 0 Å². The summed E-state index contributed by atoms with van der Waals surface area (Å²) in [6, 6.07) is 4.28. The zero-order chi connectivity index (χ0) is 13.5. The molecule has 1 fully saturated rings. The number of rotatable bonds is 6. The van der Waals surface area contributed by atoms with E-state index in [1.54, 1.807) is 6.26 Å². The van der Waals surface area contributed by atoms with Crippen LogP contribution in [0, 0.1) is 0 Å². The Hall–Kier alpha value is -1.29. The summed E-state index contributed by atoms with van der Waals surface area (Å²) in [5, 5.41) is 3.25. The van der Waals surface area contributed by atoms with Gasteiger partial charge in [0.1, 0.15) is 5.76 Å². The minimum absolute atomic E-state index is 0.290. The second-order valence-corrected chi connectivity index (χ2v) is 5.15. The van der Waals surface area contributed by atoms with E-state index in [0.717, 1.165) is 25.1 Å². The number of likely N-dealkylation sites (tertiary alicyclic amines) is 1. The van der Waals surface area contributed by atoms with Gasteiger partial charge in [0, 0.05) is 25.6 Å². The Morgan fingerprint density at radius 3 is 3.16 bits per heavy atom. The minimum Gasteiger partial charge on any atom is -0.468 e. The Kier molecular flexibility index (Phi) is 5.45. The lowest BCUT2D eigenvalue weighted by atomic mass is 9.99. The van der Waals surface area contributed by atoms with E-state index in [0.29, 0.717) is 31.5 Å². The second-order valence-electron chi connectivity index (χ2n) is 5.15. The van der Waals surface area contributed by atoms with E-state index in [2.05, 4.69) is 17.1 Å². The third kappa shape index (κ3) is 4.10. The van der Waals surface area contributed by atoms with E-state index in [1.807, 2.05) is 12.1 Å². The van der Waals surface area contributed by atoms with Crippen molar-refractivity contribution in [2.45, 2.75) is 51.6 Å². The van der Waals surface area contributed by atoms with Crippen LogP contribution in [0.3, 0.4) is 0 Å². The van der Waals surface area contributed by atoms with E-state index in [4.69, 9.17) is 4.42 Å². The smallest absolute Gasteiger partial charge is 0.224 e. The number of nitrogens with one attached hydrogen (secondary N) is 1. The molecule has 106 valence electrons. The first-order chi connectivity index (χ1) is 9.31. The summed E-state index contributed by atoms with van der Waals surface area (Å²) in [5.74, 6) is 1.20. The molecule has 1 N–H and O–H groups in total. The van der Waals surface area contributed by atoms with Crippen molar-refractivity contribution in [1.82, 2.24) is 10.2 Å². The first-order valence-corrected chi connectivity index (χ1v) is 7.34. The molecule has 1 atom stereocenters. The molecule has 1 aliphatic rings. The van der Waals surface area contributed by atoms with Gasteiger partial charge in [0.2, 0.25) is 5.91 Å². The van der Waals surface area contributed by atoms with E-state index in [1.165, 1.54) is 12.8 Å². The van der Waals surface area contributed by atoms with Crippen molar-refractivity contribution in [3.63, 3.8) is 0 Å². The van der Waals surface area contributed by atoms with Crippen LogP contribution in [-0.4, -0.2) is 29.9 Å². The SMILES string of the molecule is CCC1CCCCN1C(=O)CCNCc1ccco1. The van der Waals surface area contributed by atoms with Crippen molar-refractivity contribution < 1.29 is 9.21 Å². The van der Waals surface area contributed by atoms with Crippen LogP contribution in [-0.2, 0) is 11.3 Å². The van der Waals surface area contributed by atoms with Crippen LogP contribution in [0.25, 0.3) is 0 Å². The zero-order valence-electron chi connectivity index (χ0n) is 11.7. The second kappa shape index (κ2) is 7.34. The van der Waals surface area contributed by atoms with Gasteiger partial charge in [-0.25, -0.2) is 0 Å². The lowest BCUT2D eigenvalue weighted by molar-refractivity contribution is -0.134. The highest BCUT2D eigenvalue weighted by molar-refractivity contribution is 5.76. The predicted octanol–water partition coefficient (Wildman–Crippen LogP) is 2.55. The molecule has 2 heterocycles. The van der Waals surface area contributed by atoms with Crippen LogP contribution in [0.2, 0.25) is 0 Å². The summed E-state index contributed by atoms with van der Waals surface area (Å²) < 4.78 is 5.23. The van der Waals surface area contributed by atoms with E-state index in [-0.39, 0.29) is 0 Å². The number of hydrogen-bond donors (Lipinski definition) is 1. The molecule has 0 spiro atoms. The third-order valence-corrected chi connectivity index (χ3v) is 3.81. The molecule has 0 aromatic carbocycles. The Labute approximate surface area is 115 Å². The summed E-state index contributed by atoms with van der Waals surface area (Å²) in [6.45, 7) is 4.52. The molecule has 0 bridgehead atoms. The number of carbonyl (C=O) groups is 1. The van der Waals surface area contributed by atoms with E-state index in [9.17, 15) is 4.79 Å². The number of piperidine rings is 1. The van der Waals surface area contributed by atoms with Crippen molar-refractivity contribution in [3.05, 3.63) is 24.2 Å². The van der Waals surface area contributed by atoms with Gasteiger partial charge in [-0.05, 0) is 37.8 Å². The summed E-state index contributed by atoms with van der Waals surface area (Å²) in [7, 11) is 0. The standard InChI is InChI=1S/C15H24N2O2/c1-2-13-6-3-4-10-17(13)15(18)8-9-16-12-14-7-5-11-19-14/h5,7,11,13,16H,2-4,6,8-10,12H2,1H3. The van der Waals surface area contributed by atoms with Gasteiger partial charge in [-0.2, -0.15) is 0 Å². The number of nitrogens with zero attached hydrogens (tertiary/aromatic N) is 1. The minimum atomic E-state index is 0.290. The quantitative estimate of drug-likeness (QED) is 0.803. The van der Waals surface area contributed by atoms with Gasteiger partial charge in [0.05, 0.1) is 12.8 Å². The van der Waals surface area contributed by atoms with Gasteiger partial charge in [0.15, 0.2) is 0 Å². The van der Waals surface area contributed by atoms with Crippen molar-refractivity contribution in [2.24, 2.45) is 0 Å². The van der Waals surface area contributed by atoms with Gasteiger partial charge in [-0.15, -0.1) is 0 Å². The lowest BCUT2D eigenvalue weighted by Gasteiger charge is -2.35. The maximum absolute atomic E-state index is 12.2. The average molecular weight is 264 g/mol. The van der Waals surface area contributed by atoms with Crippen LogP contribution in [0.1, 0.15) is 44.8 Å². The number of furan rings is 1. The molecule has 1 unspecified atom stereocenters. The number of amides is 1. The summed E-state index contributed by atoms with van der Waals surface area (Å²) in [4.78, 5) is 14.3. The molecule has 1 saturated heterocycles. The average Bonchev–Trinajstić information content (AvgIpc) is 2.96. The van der Waals surface area contributed by atoms with Gasteiger partial charge in [-0.3, -0.25) is 4.79 Å². The highest BCUT2D eigenvalue weighted by Crippen LogP contribution is 2.19. The first-order valence-electron chi connectivity index (χ1n) is 7.34. The Balaban J connectivity index is 1.68. The molecule has 1 aliphatic heterocycles. The number of carbonyl (C=O) groups excluding carboxylic acids is 1. The largest absolute Gasteiger partial charge is 0.468 e. The van der Waals surface area contributed by atoms with E-state index >= 15 is 0 Å². The van der Waals surface area contributed by atoms with Gasteiger partial charge in [-0.1, -0.05) is 6.92 Å². The molecule has 0 aliphatic carbocycles. The molecule has 4 heteroatoms.